The van der Waals surface area contributed by atoms with E-state index < -0.39 is 0 Å². The average Bonchev–Trinajstić information content (AvgIpc) is 3.23. The number of halogens is 2. The monoisotopic (exact) mass is 419 g/mol. The van der Waals surface area contributed by atoms with Crippen molar-refractivity contribution in [2.24, 2.45) is 0 Å². The zero-order chi connectivity index (χ0) is 18.8. The second-order valence-electron chi connectivity index (χ2n) is 6.06. The molecule has 0 aliphatic carbocycles. The first kappa shape index (κ1) is 18.3. The van der Waals surface area contributed by atoms with Gasteiger partial charge in [-0.2, -0.15) is 0 Å². The van der Waals surface area contributed by atoms with Crippen LogP contribution in [0.5, 0.6) is 0 Å². The Bertz CT molecular complexity index is 978. The lowest BCUT2D eigenvalue weighted by Gasteiger charge is -2.12. The fraction of sp³-hybridized carbons (Fsp3) is 0.211. The Morgan fingerprint density at radius 2 is 1.96 bits per heavy atom. The molecular formula is C19H15Cl2N3O2S. The first-order valence-corrected chi connectivity index (χ1v) is 10.0. The summed E-state index contributed by atoms with van der Waals surface area (Å²) in [6.45, 7) is 1.01. The Morgan fingerprint density at radius 3 is 2.67 bits per heavy atom. The van der Waals surface area contributed by atoms with Crippen molar-refractivity contribution in [3.8, 4) is 11.4 Å². The number of ether oxygens (including phenoxy) is 1. The third-order valence-electron chi connectivity index (χ3n) is 4.21. The molecule has 0 spiro atoms. The number of cyclic esters (lactones) is 1. The van der Waals surface area contributed by atoms with Gasteiger partial charge in [-0.1, -0.05) is 65.3 Å². The van der Waals surface area contributed by atoms with Gasteiger partial charge in [0.1, 0.15) is 5.25 Å². The maximum Gasteiger partial charge on any atom is 0.319 e. The Labute approximate surface area is 170 Å². The summed E-state index contributed by atoms with van der Waals surface area (Å²) in [7, 11) is 0. The van der Waals surface area contributed by atoms with Crippen LogP contribution < -0.4 is 0 Å². The van der Waals surface area contributed by atoms with Gasteiger partial charge in [0.25, 0.3) is 0 Å². The van der Waals surface area contributed by atoms with Gasteiger partial charge < -0.3 is 4.74 Å². The highest BCUT2D eigenvalue weighted by Gasteiger charge is 2.30. The van der Waals surface area contributed by atoms with E-state index in [1.54, 1.807) is 12.1 Å². The molecule has 27 heavy (non-hydrogen) atoms. The largest absolute Gasteiger partial charge is 0.465 e. The van der Waals surface area contributed by atoms with Gasteiger partial charge >= 0.3 is 5.97 Å². The molecular weight excluding hydrogens is 405 g/mol. The normalized spacial score (nSPS) is 16.5. The van der Waals surface area contributed by atoms with Gasteiger partial charge in [-0.3, -0.25) is 9.36 Å². The van der Waals surface area contributed by atoms with Crippen LogP contribution in [-0.2, 0) is 16.1 Å². The van der Waals surface area contributed by atoms with Crippen molar-refractivity contribution in [3.05, 3.63) is 64.1 Å². The molecule has 1 saturated heterocycles. The van der Waals surface area contributed by atoms with Gasteiger partial charge in [-0.15, -0.1) is 10.2 Å². The molecule has 1 aliphatic rings. The lowest BCUT2D eigenvalue weighted by Crippen LogP contribution is -2.12. The molecule has 138 valence electrons. The van der Waals surface area contributed by atoms with Crippen molar-refractivity contribution in [3.63, 3.8) is 0 Å². The topological polar surface area (TPSA) is 57.0 Å². The van der Waals surface area contributed by atoms with E-state index >= 15 is 0 Å². The van der Waals surface area contributed by atoms with E-state index in [1.165, 1.54) is 11.8 Å². The molecule has 5 nitrogen and oxygen atoms in total. The number of carbonyl (C=O) groups is 1. The highest BCUT2D eigenvalue weighted by atomic mass is 35.5. The number of benzene rings is 2. The van der Waals surface area contributed by atoms with Crippen LogP contribution >= 0.6 is 35.0 Å². The Morgan fingerprint density at radius 1 is 1.15 bits per heavy atom. The molecule has 1 aromatic heterocycles. The van der Waals surface area contributed by atoms with E-state index in [9.17, 15) is 4.79 Å². The van der Waals surface area contributed by atoms with Crippen molar-refractivity contribution in [2.75, 3.05) is 6.61 Å². The summed E-state index contributed by atoms with van der Waals surface area (Å²) in [5, 5.41) is 10.1. The molecule has 0 N–H and O–H groups in total. The van der Waals surface area contributed by atoms with E-state index in [2.05, 4.69) is 10.2 Å². The van der Waals surface area contributed by atoms with Crippen LogP contribution in [0.15, 0.2) is 53.7 Å². The minimum Gasteiger partial charge on any atom is -0.465 e. The lowest BCUT2D eigenvalue weighted by molar-refractivity contribution is -0.137. The van der Waals surface area contributed by atoms with Gasteiger partial charge in [-0.05, 0) is 23.8 Å². The summed E-state index contributed by atoms with van der Waals surface area (Å²) >= 11 is 13.8. The smallest absolute Gasteiger partial charge is 0.319 e. The minimum atomic E-state index is -0.266. The lowest BCUT2D eigenvalue weighted by atomic mass is 10.2. The summed E-state index contributed by atoms with van der Waals surface area (Å²) in [5.41, 5.74) is 1.84. The number of hydrogen-bond donors (Lipinski definition) is 0. The van der Waals surface area contributed by atoms with Crippen LogP contribution in [0.3, 0.4) is 0 Å². The SMILES string of the molecule is O=C1OCC[C@H]1Sc1nnc(-c2ccc(Cl)cc2Cl)n1Cc1ccccc1. The van der Waals surface area contributed by atoms with Crippen molar-refractivity contribution in [1.82, 2.24) is 14.8 Å². The summed E-state index contributed by atoms with van der Waals surface area (Å²) in [5.74, 6) is 0.426. The molecule has 4 rings (SSSR count). The summed E-state index contributed by atoms with van der Waals surface area (Å²) < 4.78 is 7.04. The summed E-state index contributed by atoms with van der Waals surface area (Å²) in [6.07, 6.45) is 0.665. The van der Waals surface area contributed by atoms with Crippen molar-refractivity contribution >= 4 is 40.9 Å². The van der Waals surface area contributed by atoms with E-state index in [0.29, 0.717) is 40.6 Å². The van der Waals surface area contributed by atoms with Gasteiger partial charge in [0.2, 0.25) is 0 Å². The van der Waals surface area contributed by atoms with E-state index in [4.69, 9.17) is 27.9 Å². The fourth-order valence-corrected chi connectivity index (χ4v) is 4.36. The second kappa shape index (κ2) is 7.92. The molecule has 0 unspecified atom stereocenters. The molecule has 2 heterocycles. The highest BCUT2D eigenvalue weighted by Crippen LogP contribution is 2.34. The van der Waals surface area contributed by atoms with Gasteiger partial charge in [0.05, 0.1) is 18.2 Å². The molecule has 0 bridgehead atoms. The molecule has 0 radical (unpaired) electrons. The number of carbonyl (C=O) groups excluding carboxylic acids is 1. The molecule has 0 saturated carbocycles. The third kappa shape index (κ3) is 3.98. The van der Waals surface area contributed by atoms with Crippen molar-refractivity contribution in [2.45, 2.75) is 23.4 Å². The number of aromatic nitrogens is 3. The first-order chi connectivity index (χ1) is 13.1. The van der Waals surface area contributed by atoms with Crippen LogP contribution in [0.4, 0.5) is 0 Å². The average molecular weight is 420 g/mol. The van der Waals surface area contributed by atoms with Gasteiger partial charge in [-0.25, -0.2) is 0 Å². The maximum atomic E-state index is 11.9. The number of hydrogen-bond acceptors (Lipinski definition) is 5. The number of esters is 1. The Kier molecular flexibility index (Phi) is 5.38. The van der Waals surface area contributed by atoms with Crippen molar-refractivity contribution in [1.29, 1.82) is 0 Å². The van der Waals surface area contributed by atoms with Gasteiger partial charge in [0.15, 0.2) is 11.0 Å². The van der Waals surface area contributed by atoms with E-state index in [1.807, 2.05) is 41.0 Å². The summed E-state index contributed by atoms with van der Waals surface area (Å²) in [4.78, 5) is 11.9. The van der Waals surface area contributed by atoms with Crippen LogP contribution in [0, 0.1) is 0 Å². The Balaban J connectivity index is 1.75. The fourth-order valence-electron chi connectivity index (χ4n) is 2.87. The number of nitrogens with zero attached hydrogens (tertiary/aromatic N) is 3. The van der Waals surface area contributed by atoms with E-state index in [0.717, 1.165) is 11.1 Å². The van der Waals surface area contributed by atoms with Crippen LogP contribution in [0.25, 0.3) is 11.4 Å². The van der Waals surface area contributed by atoms with Crippen LogP contribution in [0.1, 0.15) is 12.0 Å². The predicted molar refractivity (Wildman–Crippen MR) is 106 cm³/mol. The molecule has 1 aliphatic heterocycles. The molecule has 0 amide bonds. The van der Waals surface area contributed by atoms with Gasteiger partial charge in [0, 0.05) is 17.0 Å². The van der Waals surface area contributed by atoms with E-state index in [-0.39, 0.29) is 11.2 Å². The standard InChI is InChI=1S/C19H15Cl2N3O2S/c20-13-6-7-14(15(21)10-13)17-22-23-19(27-16-8-9-26-18(16)25)24(17)11-12-4-2-1-3-5-12/h1-7,10,16H,8-9,11H2/t16-/m1/s1. The zero-order valence-electron chi connectivity index (χ0n) is 14.1. The zero-order valence-corrected chi connectivity index (χ0v) is 16.5. The number of rotatable bonds is 5. The highest BCUT2D eigenvalue weighted by molar-refractivity contribution is 8.00. The predicted octanol–water partition coefficient (Wildman–Crippen LogP) is 4.71. The Hall–Kier alpha value is -2.02. The van der Waals surface area contributed by atoms with Crippen LogP contribution in [-0.4, -0.2) is 32.6 Å². The van der Waals surface area contributed by atoms with Crippen molar-refractivity contribution < 1.29 is 9.53 Å². The second-order valence-corrected chi connectivity index (χ2v) is 8.08. The van der Waals surface area contributed by atoms with Crippen LogP contribution in [0.2, 0.25) is 10.0 Å². The maximum absolute atomic E-state index is 11.9. The molecule has 3 aromatic rings. The minimum absolute atomic E-state index is 0.208. The quantitative estimate of drug-likeness (QED) is 0.560. The molecule has 1 atom stereocenters. The first-order valence-electron chi connectivity index (χ1n) is 8.37. The molecule has 1 fully saturated rings. The third-order valence-corrected chi connectivity index (χ3v) is 5.98. The molecule has 8 heteroatoms. The number of thioether (sulfide) groups is 1. The molecule has 2 aromatic carbocycles. The summed E-state index contributed by atoms with van der Waals surface area (Å²) in [6, 6.07) is 15.3.